The minimum Gasteiger partial charge on any atom is -0.383 e. The second kappa shape index (κ2) is 6.95. The second-order valence-corrected chi connectivity index (χ2v) is 7.32. The van der Waals surface area contributed by atoms with E-state index in [1.54, 1.807) is 30.3 Å². The van der Waals surface area contributed by atoms with E-state index < -0.39 is 11.7 Å². The molecule has 154 valence electrons. The van der Waals surface area contributed by atoms with Gasteiger partial charge in [-0.15, -0.1) is 0 Å². The first-order chi connectivity index (χ1) is 14.8. The van der Waals surface area contributed by atoms with Crippen LogP contribution < -0.4 is 5.73 Å². The number of alkyl halides is 3. The summed E-state index contributed by atoms with van der Waals surface area (Å²) in [5.41, 5.74) is 7.62. The Bertz CT molecular complexity index is 1460. The number of anilines is 1. The summed E-state index contributed by atoms with van der Waals surface area (Å²) in [7, 11) is 0. The van der Waals surface area contributed by atoms with Gasteiger partial charge in [-0.2, -0.15) is 18.3 Å². The van der Waals surface area contributed by atoms with Gasteiger partial charge in [0.05, 0.1) is 27.0 Å². The molecule has 0 saturated heterocycles. The molecule has 0 unspecified atom stereocenters. The number of aromatic amines is 1. The quantitative estimate of drug-likeness (QED) is 0.348. The van der Waals surface area contributed by atoms with E-state index in [-0.39, 0.29) is 17.2 Å². The third kappa shape index (κ3) is 3.16. The van der Waals surface area contributed by atoms with Crippen LogP contribution >= 0.6 is 11.6 Å². The number of rotatable bonds is 2. The number of aromatic nitrogens is 4. The molecule has 5 rings (SSSR count). The Kier molecular flexibility index (Phi) is 4.33. The highest BCUT2D eigenvalue weighted by molar-refractivity contribution is 6.36. The van der Waals surface area contributed by atoms with E-state index in [2.05, 4.69) is 20.2 Å². The summed E-state index contributed by atoms with van der Waals surface area (Å²) in [4.78, 5) is 8.61. The lowest BCUT2D eigenvalue weighted by Gasteiger charge is -2.13. The van der Waals surface area contributed by atoms with Gasteiger partial charge in [-0.05, 0) is 24.3 Å². The summed E-state index contributed by atoms with van der Waals surface area (Å²) in [6.07, 6.45) is -4.55. The molecule has 0 atom stereocenters. The highest BCUT2D eigenvalue weighted by Crippen LogP contribution is 2.39. The van der Waals surface area contributed by atoms with Crippen molar-refractivity contribution in [2.45, 2.75) is 6.18 Å². The first-order valence-electron chi connectivity index (χ1n) is 9.20. The van der Waals surface area contributed by atoms with Gasteiger partial charge in [0.15, 0.2) is 5.82 Å². The molecule has 0 amide bonds. The first-order valence-corrected chi connectivity index (χ1v) is 9.58. The van der Waals surface area contributed by atoms with E-state index >= 15 is 0 Å². The van der Waals surface area contributed by atoms with Gasteiger partial charge in [0.2, 0.25) is 0 Å². The van der Waals surface area contributed by atoms with Gasteiger partial charge in [-0.1, -0.05) is 48.0 Å². The number of halogens is 4. The molecule has 9 heteroatoms. The average molecular weight is 440 g/mol. The summed E-state index contributed by atoms with van der Waals surface area (Å²) in [6, 6.07) is 15.7. The molecule has 0 aliphatic carbocycles. The van der Waals surface area contributed by atoms with Crippen molar-refractivity contribution in [1.82, 2.24) is 20.2 Å². The molecule has 0 spiro atoms. The van der Waals surface area contributed by atoms with Gasteiger partial charge >= 0.3 is 6.18 Å². The first kappa shape index (κ1) is 19.3. The van der Waals surface area contributed by atoms with Crippen LogP contribution in [0.3, 0.4) is 0 Å². The standard InChI is InChI=1S/C22H13ClF3N5/c23-14-8-4-10-16-18(14)19(31-30-16)12-6-3-9-15-17(12)20(27)29-21(28-15)11-5-1-2-7-13(11)22(24,25)26/h1-10H,(H,30,31)(H2,27,28,29). The molecule has 0 aliphatic heterocycles. The molecule has 5 nitrogen and oxygen atoms in total. The molecule has 0 radical (unpaired) electrons. The molecule has 2 aromatic heterocycles. The Balaban J connectivity index is 1.76. The topological polar surface area (TPSA) is 80.5 Å². The van der Waals surface area contributed by atoms with E-state index in [9.17, 15) is 13.2 Å². The number of benzene rings is 3. The van der Waals surface area contributed by atoms with Crippen molar-refractivity contribution >= 4 is 39.2 Å². The summed E-state index contributed by atoms with van der Waals surface area (Å²) >= 11 is 6.38. The van der Waals surface area contributed by atoms with Crippen LogP contribution in [0.15, 0.2) is 60.7 Å². The zero-order valence-electron chi connectivity index (χ0n) is 15.7. The Morgan fingerprint density at radius 1 is 0.839 bits per heavy atom. The van der Waals surface area contributed by atoms with Crippen molar-refractivity contribution in [3.8, 4) is 22.6 Å². The lowest BCUT2D eigenvalue weighted by Crippen LogP contribution is -2.09. The number of nitrogens with zero attached hydrogens (tertiary/aromatic N) is 3. The molecular weight excluding hydrogens is 427 g/mol. The Morgan fingerprint density at radius 3 is 2.39 bits per heavy atom. The molecule has 0 saturated carbocycles. The monoisotopic (exact) mass is 439 g/mol. The number of nitrogens with one attached hydrogen (secondary N) is 1. The predicted molar refractivity (Wildman–Crippen MR) is 114 cm³/mol. The van der Waals surface area contributed by atoms with Crippen molar-refractivity contribution < 1.29 is 13.2 Å². The van der Waals surface area contributed by atoms with Crippen molar-refractivity contribution in [1.29, 1.82) is 0 Å². The molecule has 2 heterocycles. The van der Waals surface area contributed by atoms with Crippen molar-refractivity contribution in [3.05, 3.63) is 71.2 Å². The second-order valence-electron chi connectivity index (χ2n) is 6.91. The van der Waals surface area contributed by atoms with E-state index in [4.69, 9.17) is 17.3 Å². The summed E-state index contributed by atoms with van der Waals surface area (Å²) in [5.74, 6) is -0.0456. The predicted octanol–water partition coefficient (Wildman–Crippen LogP) is 6.09. The van der Waals surface area contributed by atoms with Gasteiger partial charge < -0.3 is 5.73 Å². The molecule has 3 N–H and O–H groups in total. The van der Waals surface area contributed by atoms with Crippen LogP contribution in [-0.4, -0.2) is 20.2 Å². The van der Waals surface area contributed by atoms with E-state index in [0.717, 1.165) is 11.6 Å². The van der Waals surface area contributed by atoms with Crippen LogP contribution in [-0.2, 0) is 6.18 Å². The number of nitrogen functional groups attached to an aromatic ring is 1. The molecule has 0 fully saturated rings. The summed E-state index contributed by atoms with van der Waals surface area (Å²) in [6.45, 7) is 0. The van der Waals surface area contributed by atoms with Gasteiger partial charge in [0.25, 0.3) is 0 Å². The molecule has 31 heavy (non-hydrogen) atoms. The third-order valence-corrected chi connectivity index (χ3v) is 5.33. The smallest absolute Gasteiger partial charge is 0.383 e. The fourth-order valence-corrected chi connectivity index (χ4v) is 3.94. The van der Waals surface area contributed by atoms with Crippen LogP contribution in [0.4, 0.5) is 19.0 Å². The van der Waals surface area contributed by atoms with Gasteiger partial charge in [0, 0.05) is 16.5 Å². The molecule has 0 bridgehead atoms. The Morgan fingerprint density at radius 2 is 1.58 bits per heavy atom. The SMILES string of the molecule is Nc1nc(-c2ccccc2C(F)(F)F)nc2cccc(-c3n[nH]c4cccc(Cl)c34)c12. The Hall–Kier alpha value is -3.65. The minimum absolute atomic E-state index is 0.0516. The lowest BCUT2D eigenvalue weighted by molar-refractivity contribution is -0.137. The van der Waals surface area contributed by atoms with Crippen molar-refractivity contribution in [3.63, 3.8) is 0 Å². The van der Waals surface area contributed by atoms with E-state index in [1.807, 2.05) is 6.07 Å². The number of hydrogen-bond acceptors (Lipinski definition) is 4. The van der Waals surface area contributed by atoms with Crippen LogP contribution in [0.5, 0.6) is 0 Å². The third-order valence-electron chi connectivity index (χ3n) is 5.02. The molecular formula is C22H13ClF3N5. The maximum atomic E-state index is 13.5. The van der Waals surface area contributed by atoms with E-state index in [0.29, 0.717) is 32.6 Å². The maximum absolute atomic E-state index is 13.5. The van der Waals surface area contributed by atoms with Crippen LogP contribution in [0.25, 0.3) is 44.5 Å². The fourth-order valence-electron chi connectivity index (χ4n) is 3.68. The number of H-pyrrole nitrogens is 1. The summed E-state index contributed by atoms with van der Waals surface area (Å²) < 4.78 is 40.4. The van der Waals surface area contributed by atoms with Gasteiger partial charge in [-0.3, -0.25) is 5.10 Å². The maximum Gasteiger partial charge on any atom is 0.417 e. The van der Waals surface area contributed by atoms with Crippen LogP contribution in [0.2, 0.25) is 5.02 Å². The normalized spacial score (nSPS) is 12.0. The molecule has 5 aromatic rings. The van der Waals surface area contributed by atoms with Crippen molar-refractivity contribution in [2.24, 2.45) is 0 Å². The van der Waals surface area contributed by atoms with Crippen LogP contribution in [0.1, 0.15) is 5.56 Å². The fraction of sp³-hybridized carbons (Fsp3) is 0.0455. The lowest BCUT2D eigenvalue weighted by atomic mass is 10.0. The Labute approximate surface area is 178 Å². The largest absolute Gasteiger partial charge is 0.417 e. The zero-order chi connectivity index (χ0) is 21.8. The highest BCUT2D eigenvalue weighted by Gasteiger charge is 2.34. The highest BCUT2D eigenvalue weighted by atomic mass is 35.5. The van der Waals surface area contributed by atoms with Gasteiger partial charge in [-0.25, -0.2) is 9.97 Å². The zero-order valence-corrected chi connectivity index (χ0v) is 16.5. The molecule has 3 aromatic carbocycles. The van der Waals surface area contributed by atoms with Gasteiger partial charge in [0.1, 0.15) is 11.5 Å². The van der Waals surface area contributed by atoms with E-state index in [1.165, 1.54) is 18.2 Å². The summed E-state index contributed by atoms with van der Waals surface area (Å²) in [5, 5.41) is 9.02. The van der Waals surface area contributed by atoms with Crippen molar-refractivity contribution in [2.75, 3.05) is 5.73 Å². The van der Waals surface area contributed by atoms with Crippen LogP contribution in [0, 0.1) is 0 Å². The molecule has 0 aliphatic rings. The minimum atomic E-state index is -4.55. The number of fused-ring (bicyclic) bond motifs is 2. The number of hydrogen-bond donors (Lipinski definition) is 2. The average Bonchev–Trinajstić information content (AvgIpc) is 3.18. The number of nitrogens with two attached hydrogens (primary N) is 1.